The first kappa shape index (κ1) is 21.2. The van der Waals surface area contributed by atoms with Crippen LogP contribution in [0.4, 0.5) is 5.69 Å². The van der Waals surface area contributed by atoms with Crippen LogP contribution in [0, 0.1) is 13.8 Å². The number of fused-ring (bicyclic) bond motifs is 1. The van der Waals surface area contributed by atoms with Crippen molar-refractivity contribution in [2.45, 2.75) is 57.0 Å². The summed E-state index contributed by atoms with van der Waals surface area (Å²) in [6.45, 7) is 6.07. The average molecular weight is 438 g/mol. The number of aromatic nitrogens is 3. The summed E-state index contributed by atoms with van der Waals surface area (Å²) in [6.07, 6.45) is 3.38. The normalized spacial score (nSPS) is 13.6. The Morgan fingerprint density at radius 1 is 1.16 bits per heavy atom. The Labute approximate surface area is 186 Å². The summed E-state index contributed by atoms with van der Waals surface area (Å²) >= 11 is 1.27. The first-order chi connectivity index (χ1) is 14.9. The minimum atomic E-state index is -0.382. The van der Waals surface area contributed by atoms with Crippen molar-refractivity contribution in [1.82, 2.24) is 14.9 Å². The van der Waals surface area contributed by atoms with E-state index in [0.29, 0.717) is 11.0 Å². The lowest BCUT2D eigenvalue weighted by atomic mass is 10.1. The van der Waals surface area contributed by atoms with E-state index in [-0.39, 0.29) is 17.8 Å². The molecule has 2 aromatic carbocycles. The second kappa shape index (κ2) is 9.01. The van der Waals surface area contributed by atoms with Crippen LogP contribution in [-0.2, 0) is 24.2 Å². The number of nitrogens with one attached hydrogen (secondary N) is 1. The Balaban J connectivity index is 1.35. The van der Waals surface area contributed by atoms with Gasteiger partial charge in [0.25, 0.3) is 0 Å². The Morgan fingerprint density at radius 2 is 1.90 bits per heavy atom. The molecule has 1 atom stereocenters. The van der Waals surface area contributed by atoms with Gasteiger partial charge in [-0.05, 0) is 86.6 Å². The highest BCUT2D eigenvalue weighted by Gasteiger charge is 2.20. The van der Waals surface area contributed by atoms with Crippen LogP contribution in [0.1, 0.15) is 41.4 Å². The van der Waals surface area contributed by atoms with E-state index in [1.165, 1.54) is 34.0 Å². The minimum Gasteiger partial charge on any atom is -0.486 e. The van der Waals surface area contributed by atoms with E-state index < -0.39 is 0 Å². The summed E-state index contributed by atoms with van der Waals surface area (Å²) < 4.78 is 7.21. The van der Waals surface area contributed by atoms with Gasteiger partial charge >= 0.3 is 0 Å². The summed E-state index contributed by atoms with van der Waals surface area (Å²) in [4.78, 5) is 12.7. The van der Waals surface area contributed by atoms with Gasteiger partial charge < -0.3 is 15.9 Å². The quantitative estimate of drug-likeness (QED) is 0.431. The van der Waals surface area contributed by atoms with Crippen molar-refractivity contribution in [3.8, 4) is 5.75 Å². The molecule has 162 valence electrons. The van der Waals surface area contributed by atoms with Gasteiger partial charge in [-0.3, -0.25) is 4.79 Å². The maximum Gasteiger partial charge on any atom is 0.237 e. The third-order valence-electron chi connectivity index (χ3n) is 5.32. The smallest absolute Gasteiger partial charge is 0.237 e. The standard InChI is InChI=1S/C23H27N5O2S/c1-14-9-15(2)11-20(10-14)30-13-21-26-27-23(28(21)24)31-16(3)22(29)25-19-8-7-17-5-4-6-18(17)12-19/h7-12,16H,4-6,13,24H2,1-3H3,(H,25,29). The Hall–Kier alpha value is -3.00. The number of nitrogens with two attached hydrogens (primary N) is 1. The fraction of sp³-hybridized carbons (Fsp3) is 0.348. The van der Waals surface area contributed by atoms with E-state index in [1.54, 1.807) is 0 Å². The lowest BCUT2D eigenvalue weighted by molar-refractivity contribution is -0.115. The van der Waals surface area contributed by atoms with Gasteiger partial charge in [0.15, 0.2) is 5.82 Å². The molecule has 1 aliphatic rings. The monoisotopic (exact) mass is 437 g/mol. The number of thioether (sulfide) groups is 1. The molecule has 1 heterocycles. The molecule has 3 aromatic rings. The van der Waals surface area contributed by atoms with Crippen LogP contribution in [-0.4, -0.2) is 26.0 Å². The van der Waals surface area contributed by atoms with Crippen LogP contribution < -0.4 is 15.9 Å². The summed E-state index contributed by atoms with van der Waals surface area (Å²) in [6, 6.07) is 12.2. The number of aryl methyl sites for hydroxylation is 4. The van der Waals surface area contributed by atoms with Crippen LogP contribution in [0.2, 0.25) is 0 Å². The highest BCUT2D eigenvalue weighted by atomic mass is 32.2. The lowest BCUT2D eigenvalue weighted by Crippen LogP contribution is -2.24. The number of hydrogen-bond acceptors (Lipinski definition) is 6. The summed E-state index contributed by atoms with van der Waals surface area (Å²) in [5.41, 5.74) is 5.79. The number of carbonyl (C=O) groups is 1. The van der Waals surface area contributed by atoms with E-state index in [9.17, 15) is 4.79 Å². The lowest BCUT2D eigenvalue weighted by Gasteiger charge is -2.12. The number of anilines is 1. The zero-order valence-electron chi connectivity index (χ0n) is 18.0. The van der Waals surface area contributed by atoms with Crippen molar-refractivity contribution in [1.29, 1.82) is 0 Å². The van der Waals surface area contributed by atoms with Gasteiger partial charge in [0, 0.05) is 5.69 Å². The fourth-order valence-corrected chi connectivity index (χ4v) is 4.54. The van der Waals surface area contributed by atoms with Crippen molar-refractivity contribution in [2.24, 2.45) is 0 Å². The predicted octanol–water partition coefficient (Wildman–Crippen LogP) is 3.80. The van der Waals surface area contributed by atoms with E-state index in [0.717, 1.165) is 35.4 Å². The molecule has 1 aliphatic carbocycles. The Kier molecular flexibility index (Phi) is 6.18. The zero-order valence-corrected chi connectivity index (χ0v) is 18.8. The van der Waals surface area contributed by atoms with Crippen LogP contribution >= 0.6 is 11.8 Å². The molecule has 4 rings (SSSR count). The van der Waals surface area contributed by atoms with Crippen LogP contribution in [0.3, 0.4) is 0 Å². The number of hydrogen-bond donors (Lipinski definition) is 2. The Morgan fingerprint density at radius 3 is 2.68 bits per heavy atom. The van der Waals surface area contributed by atoms with Gasteiger partial charge in [0.1, 0.15) is 12.4 Å². The number of carbonyl (C=O) groups excluding carboxylic acids is 1. The van der Waals surface area contributed by atoms with Gasteiger partial charge in [0.2, 0.25) is 11.1 Å². The molecule has 8 heteroatoms. The summed E-state index contributed by atoms with van der Waals surface area (Å²) in [7, 11) is 0. The number of benzene rings is 2. The van der Waals surface area contributed by atoms with Crippen molar-refractivity contribution < 1.29 is 9.53 Å². The first-order valence-electron chi connectivity index (χ1n) is 10.4. The molecular formula is C23H27N5O2S. The number of nitrogens with zero attached hydrogens (tertiary/aromatic N) is 3. The highest BCUT2D eigenvalue weighted by Crippen LogP contribution is 2.26. The third-order valence-corrected chi connectivity index (χ3v) is 6.37. The highest BCUT2D eigenvalue weighted by molar-refractivity contribution is 8.00. The first-order valence-corrected chi connectivity index (χ1v) is 11.3. The van der Waals surface area contributed by atoms with E-state index >= 15 is 0 Å². The summed E-state index contributed by atoms with van der Waals surface area (Å²) in [5, 5.41) is 11.3. The second-order valence-corrected chi connectivity index (χ2v) is 9.28. The summed E-state index contributed by atoms with van der Waals surface area (Å²) in [5.74, 6) is 7.31. The van der Waals surface area contributed by atoms with E-state index in [1.807, 2.05) is 39.0 Å². The van der Waals surface area contributed by atoms with Gasteiger partial charge in [-0.1, -0.05) is 23.9 Å². The molecule has 7 nitrogen and oxygen atoms in total. The van der Waals surface area contributed by atoms with Gasteiger partial charge in [-0.25, -0.2) is 4.68 Å². The molecule has 1 amide bonds. The zero-order chi connectivity index (χ0) is 22.0. The minimum absolute atomic E-state index is 0.0982. The van der Waals surface area contributed by atoms with Gasteiger partial charge in [0.05, 0.1) is 5.25 Å². The number of rotatable bonds is 7. The maximum atomic E-state index is 12.7. The number of ether oxygens (including phenoxy) is 1. The molecular weight excluding hydrogens is 410 g/mol. The molecule has 0 saturated carbocycles. The van der Waals surface area contributed by atoms with Gasteiger partial charge in [-0.2, -0.15) is 0 Å². The fourth-order valence-electron chi connectivity index (χ4n) is 3.76. The second-order valence-electron chi connectivity index (χ2n) is 7.97. The van der Waals surface area contributed by atoms with Crippen molar-refractivity contribution in [3.63, 3.8) is 0 Å². The number of amides is 1. The largest absolute Gasteiger partial charge is 0.486 e. The van der Waals surface area contributed by atoms with E-state index in [2.05, 4.69) is 33.7 Å². The Bertz CT molecular complexity index is 1090. The maximum absolute atomic E-state index is 12.7. The molecule has 1 unspecified atom stereocenters. The number of nitrogen functional groups attached to an aromatic ring is 1. The van der Waals surface area contributed by atoms with Crippen molar-refractivity contribution >= 4 is 23.4 Å². The molecule has 31 heavy (non-hydrogen) atoms. The van der Waals surface area contributed by atoms with Crippen LogP contribution in [0.15, 0.2) is 41.6 Å². The van der Waals surface area contributed by atoms with Crippen molar-refractivity contribution in [2.75, 3.05) is 11.2 Å². The predicted molar refractivity (Wildman–Crippen MR) is 123 cm³/mol. The molecule has 3 N–H and O–H groups in total. The van der Waals surface area contributed by atoms with Crippen LogP contribution in [0.5, 0.6) is 5.75 Å². The van der Waals surface area contributed by atoms with Crippen LogP contribution in [0.25, 0.3) is 0 Å². The molecule has 0 radical (unpaired) electrons. The molecule has 0 saturated heterocycles. The molecule has 0 spiro atoms. The molecule has 1 aromatic heterocycles. The molecule has 0 aliphatic heterocycles. The van der Waals surface area contributed by atoms with Crippen molar-refractivity contribution in [3.05, 3.63) is 64.5 Å². The average Bonchev–Trinajstić information content (AvgIpc) is 3.32. The molecule has 0 bridgehead atoms. The SMILES string of the molecule is Cc1cc(C)cc(OCc2nnc(SC(C)C(=O)Nc3ccc4c(c3)CCC4)n2N)c1. The van der Waals surface area contributed by atoms with Gasteiger partial charge in [-0.15, -0.1) is 10.2 Å². The van der Waals surface area contributed by atoms with E-state index in [4.69, 9.17) is 10.6 Å². The topological polar surface area (TPSA) is 95.1 Å². The molecule has 0 fully saturated rings. The third kappa shape index (κ3) is 5.02.